The van der Waals surface area contributed by atoms with Gasteiger partial charge in [0.2, 0.25) is 0 Å². The van der Waals surface area contributed by atoms with Crippen LogP contribution in [0.15, 0.2) is 0 Å². The fourth-order valence-electron chi connectivity index (χ4n) is 0. The number of hydrogen-bond acceptors (Lipinski definition) is 4. The molecule has 0 aliphatic carbocycles. The average molecular weight is 563 g/mol. The Labute approximate surface area is 111 Å². The van der Waals surface area contributed by atoms with Gasteiger partial charge >= 0.3 is 64.2 Å². The summed E-state index contributed by atoms with van der Waals surface area (Å²) in [5.41, 5.74) is 0. The second-order valence-corrected chi connectivity index (χ2v) is 0. The third-order valence-corrected chi connectivity index (χ3v) is 0. The van der Waals surface area contributed by atoms with Crippen LogP contribution in [0, 0.1) is 47.3 Å². The summed E-state index contributed by atoms with van der Waals surface area (Å²) in [4.78, 5) is 0. The van der Waals surface area contributed by atoms with Crippen molar-refractivity contribution in [3.63, 3.8) is 0 Å². The average Bonchev–Trinajstić information content (AvgIpc) is 2.03. The van der Waals surface area contributed by atoms with Crippen molar-refractivity contribution in [3.05, 3.63) is 26.3 Å². The summed E-state index contributed by atoms with van der Waals surface area (Å²) in [5.74, 6) is 0. The monoisotopic (exact) mass is 562 g/mol. The van der Waals surface area contributed by atoms with Crippen molar-refractivity contribution in [2.75, 3.05) is 0 Å². The fourth-order valence-corrected chi connectivity index (χ4v) is 0. The first kappa shape index (κ1) is 67.9. The first-order valence-electron chi connectivity index (χ1n) is 0.894. The molecule has 0 radical (unpaired) electrons. The van der Waals surface area contributed by atoms with Gasteiger partial charge in [0.1, 0.15) is 0 Å². The van der Waals surface area contributed by atoms with Crippen LogP contribution >= 0.6 is 0 Å². The predicted molar refractivity (Wildman–Crippen MR) is 19.9 cm³/mol. The molecule has 0 aliphatic heterocycles. The molecule has 0 saturated heterocycles. The second kappa shape index (κ2) is 203000. The Balaban J connectivity index is -0.00000000356. The topological polar surface area (TPSA) is 95.2 Å². The van der Waals surface area contributed by atoms with Gasteiger partial charge in [0.25, 0.3) is 0 Å². The first-order valence-corrected chi connectivity index (χ1v) is 0.894. The molecule has 11 heavy (non-hydrogen) atoms. The van der Waals surface area contributed by atoms with Crippen LogP contribution in [0.4, 0.5) is 0 Å². The minimum Gasteiger partial charge on any atom is -0.512 e. The molecule has 0 aromatic rings. The van der Waals surface area contributed by atoms with Crippen molar-refractivity contribution in [3.8, 4) is 0 Å². The van der Waals surface area contributed by atoms with Crippen molar-refractivity contribution in [2.45, 2.75) is 0 Å². The van der Waals surface area contributed by atoms with E-state index in [9.17, 15) is 0 Å². The number of rotatable bonds is 0. The standard InChI is InChI=1S/4CN.2Au.Zn/c4*1-2;;;/q4*-1;2*+1;+2. The minimum atomic E-state index is 0. The van der Waals surface area contributed by atoms with Gasteiger partial charge in [0, 0.05) is 0 Å². The molecule has 0 unspecified atom stereocenters. The van der Waals surface area contributed by atoms with Crippen LogP contribution in [-0.2, 0) is 64.2 Å². The van der Waals surface area contributed by atoms with Gasteiger partial charge in [-0.15, -0.1) is 0 Å². The second-order valence-electron chi connectivity index (χ2n) is 0. The van der Waals surface area contributed by atoms with Crippen molar-refractivity contribution < 1.29 is 64.2 Å². The Morgan fingerprint density at radius 2 is 0.455 bits per heavy atom. The van der Waals surface area contributed by atoms with E-state index in [4.69, 9.17) is 47.3 Å². The van der Waals surface area contributed by atoms with Gasteiger partial charge in [-0.25, -0.2) is 0 Å². The molecule has 0 rings (SSSR count). The zero-order valence-corrected chi connectivity index (χ0v) is 12.4. The van der Waals surface area contributed by atoms with Crippen LogP contribution < -0.4 is 0 Å². The molecule has 0 spiro atoms. The van der Waals surface area contributed by atoms with Crippen molar-refractivity contribution in [1.82, 2.24) is 0 Å². The van der Waals surface area contributed by atoms with Gasteiger partial charge < -0.3 is 47.3 Å². The maximum Gasteiger partial charge on any atom is 2.00 e. The maximum atomic E-state index is 6.25. The van der Waals surface area contributed by atoms with Crippen molar-refractivity contribution in [1.29, 1.82) is 21.0 Å². The summed E-state index contributed by atoms with van der Waals surface area (Å²) in [5, 5.41) is 25.0. The zero-order valence-electron chi connectivity index (χ0n) is 5.10. The molecule has 0 saturated carbocycles. The third-order valence-electron chi connectivity index (χ3n) is 0. The molecule has 60 valence electrons. The molecule has 4 nitrogen and oxygen atoms in total. The molecule has 0 fully saturated rings. The van der Waals surface area contributed by atoms with Gasteiger partial charge in [-0.3, -0.25) is 0 Å². The van der Waals surface area contributed by atoms with E-state index >= 15 is 0 Å². The van der Waals surface area contributed by atoms with E-state index in [1.165, 1.54) is 0 Å². The van der Waals surface area contributed by atoms with E-state index in [-0.39, 0.29) is 64.2 Å². The van der Waals surface area contributed by atoms with E-state index < -0.39 is 0 Å². The molecule has 0 amide bonds. The van der Waals surface area contributed by atoms with Gasteiger partial charge in [0.05, 0.1) is 0 Å². The van der Waals surface area contributed by atoms with E-state index in [0.29, 0.717) is 0 Å². The van der Waals surface area contributed by atoms with Crippen LogP contribution in [0.1, 0.15) is 0 Å². The van der Waals surface area contributed by atoms with Crippen LogP contribution in [0.3, 0.4) is 0 Å². The van der Waals surface area contributed by atoms with E-state index in [1.807, 2.05) is 0 Å². The molecule has 7 heteroatoms. The Kier molecular flexibility index (Phi) is 1250000. The molecule has 0 bridgehead atoms. The molecule has 0 aliphatic rings. The smallest absolute Gasteiger partial charge is 0.512 e. The Bertz CT molecular complexity index is 63.1. The Hall–Kier alpha value is 0.0639. The van der Waals surface area contributed by atoms with Crippen molar-refractivity contribution in [2.24, 2.45) is 0 Å². The molecule has 0 atom stereocenters. The number of nitrogens with zero attached hydrogens (tertiary/aromatic N) is 4. The molecular formula is C4Au2N4Zn. The summed E-state index contributed by atoms with van der Waals surface area (Å²) < 4.78 is 0. The minimum absolute atomic E-state index is 0. The molecular weight excluding hydrogens is 563 g/mol. The molecule has 0 aromatic carbocycles. The summed E-state index contributed by atoms with van der Waals surface area (Å²) in [6, 6.07) is 0. The van der Waals surface area contributed by atoms with Gasteiger partial charge in [-0.1, -0.05) is 0 Å². The summed E-state index contributed by atoms with van der Waals surface area (Å²) >= 11 is 0. The third kappa shape index (κ3) is 160000. The SMILES string of the molecule is [Au+].[Au+].[C-]#N.[C-]#N.[C-]#N.[C-]#N.[Zn+2]. The van der Waals surface area contributed by atoms with Crippen LogP contribution in [0.25, 0.3) is 0 Å². The quantitative estimate of drug-likeness (QED) is 0.315. The molecule has 0 N–H and O–H groups in total. The van der Waals surface area contributed by atoms with Crippen LogP contribution in [0.2, 0.25) is 0 Å². The van der Waals surface area contributed by atoms with Gasteiger partial charge in [0.15, 0.2) is 0 Å². The summed E-state index contributed by atoms with van der Waals surface area (Å²) in [6.07, 6.45) is 0. The number of hydrogen-bond donors (Lipinski definition) is 0. The van der Waals surface area contributed by atoms with Crippen LogP contribution in [-0.4, -0.2) is 0 Å². The van der Waals surface area contributed by atoms with Crippen LogP contribution in [0.5, 0.6) is 0 Å². The van der Waals surface area contributed by atoms with Crippen molar-refractivity contribution >= 4 is 0 Å². The Morgan fingerprint density at radius 3 is 0.455 bits per heavy atom. The first-order chi connectivity index (χ1) is 4.00. The zero-order chi connectivity index (χ0) is 8.00. The summed E-state index contributed by atoms with van der Waals surface area (Å²) in [7, 11) is 0. The van der Waals surface area contributed by atoms with E-state index in [2.05, 4.69) is 0 Å². The molecule has 0 aromatic heterocycles. The van der Waals surface area contributed by atoms with Gasteiger partial charge in [-0.05, 0) is 0 Å². The summed E-state index contributed by atoms with van der Waals surface area (Å²) in [6.45, 7) is 19.0. The predicted octanol–water partition coefficient (Wildman–Crippen LogP) is 0.378. The molecule has 0 heterocycles. The Morgan fingerprint density at radius 1 is 0.455 bits per heavy atom. The van der Waals surface area contributed by atoms with Gasteiger partial charge in [-0.2, -0.15) is 0 Å². The fraction of sp³-hybridized carbons (Fsp3) is 0. The van der Waals surface area contributed by atoms with E-state index in [1.54, 1.807) is 0 Å². The van der Waals surface area contributed by atoms with E-state index in [0.717, 1.165) is 0 Å². The maximum absolute atomic E-state index is 6.25. The normalized spacial score (nSPS) is 0.727. The largest absolute Gasteiger partial charge is 2.00 e.